The van der Waals surface area contributed by atoms with Crippen LogP contribution in [0.25, 0.3) is 17.1 Å². The van der Waals surface area contributed by atoms with Gasteiger partial charge in [-0.3, -0.25) is 0 Å². The van der Waals surface area contributed by atoms with Gasteiger partial charge in [0.1, 0.15) is 5.03 Å². The Balaban J connectivity index is 1.47. The van der Waals surface area contributed by atoms with Crippen LogP contribution >= 0.6 is 11.8 Å². The molecule has 0 aliphatic heterocycles. The minimum atomic E-state index is 0.577. The molecule has 5 rings (SSSR count). The fourth-order valence-corrected chi connectivity index (χ4v) is 4.87. The minimum Gasteiger partial charge on any atom is -0.226 e. The molecule has 0 unspecified atom stereocenters. The van der Waals surface area contributed by atoms with Crippen molar-refractivity contribution in [2.45, 2.75) is 37.6 Å². The highest BCUT2D eigenvalue weighted by Crippen LogP contribution is 2.33. The Kier molecular flexibility index (Phi) is 6.53. The van der Waals surface area contributed by atoms with Crippen LogP contribution < -0.4 is 0 Å². The van der Waals surface area contributed by atoms with Crippen molar-refractivity contribution in [3.63, 3.8) is 0 Å². The van der Waals surface area contributed by atoms with Gasteiger partial charge in [-0.25, -0.2) is 4.68 Å². The normalized spacial score (nSPS) is 11.1. The topological polar surface area (TPSA) is 61.4 Å². The third-order valence-electron chi connectivity index (χ3n) is 5.63. The van der Waals surface area contributed by atoms with Crippen LogP contribution in [0.3, 0.4) is 0 Å². The van der Waals surface area contributed by atoms with Crippen LogP contribution in [0.4, 0.5) is 0 Å². The zero-order valence-corrected chi connectivity index (χ0v) is 20.1. The Labute approximate surface area is 203 Å². The van der Waals surface area contributed by atoms with Gasteiger partial charge in [-0.15, -0.1) is 22.0 Å². The summed E-state index contributed by atoms with van der Waals surface area (Å²) in [6.07, 6.45) is 2.85. The summed E-state index contributed by atoms with van der Waals surface area (Å²) < 4.78 is 1.98. The van der Waals surface area contributed by atoms with Gasteiger partial charge in [-0.05, 0) is 47.4 Å². The van der Waals surface area contributed by atoms with Crippen LogP contribution in [-0.2, 0) is 18.7 Å². The fraction of sp³-hybridized carbons (Fsp3) is 0.185. The van der Waals surface area contributed by atoms with Gasteiger partial charge in [0, 0.05) is 5.75 Å². The summed E-state index contributed by atoms with van der Waals surface area (Å²) in [5, 5.41) is 19.1. The van der Waals surface area contributed by atoms with E-state index in [1.807, 2.05) is 16.9 Å². The molecule has 0 bridgehead atoms. The van der Waals surface area contributed by atoms with Crippen molar-refractivity contribution < 1.29 is 0 Å². The summed E-state index contributed by atoms with van der Waals surface area (Å²) in [5.74, 6) is 1.41. The molecule has 0 spiro atoms. The lowest BCUT2D eigenvalue weighted by atomic mass is 10.1. The maximum atomic E-state index is 4.71. The van der Waals surface area contributed by atoms with Crippen molar-refractivity contribution in [3.05, 3.63) is 107 Å². The number of rotatable bonds is 8. The van der Waals surface area contributed by atoms with Crippen molar-refractivity contribution in [1.82, 2.24) is 30.0 Å². The molecule has 2 heterocycles. The van der Waals surface area contributed by atoms with Crippen molar-refractivity contribution in [2.75, 3.05) is 0 Å². The zero-order valence-electron chi connectivity index (χ0n) is 19.3. The molecule has 2 aromatic heterocycles. The predicted molar refractivity (Wildman–Crippen MR) is 136 cm³/mol. The first-order valence-corrected chi connectivity index (χ1v) is 12.4. The molecule has 0 amide bonds. The van der Waals surface area contributed by atoms with Crippen LogP contribution in [-0.4, -0.2) is 30.0 Å². The van der Waals surface area contributed by atoms with E-state index in [0.29, 0.717) is 12.4 Å². The molecule has 7 heteroatoms. The van der Waals surface area contributed by atoms with Gasteiger partial charge in [-0.2, -0.15) is 9.90 Å². The molecular weight excluding hydrogens is 440 g/mol. The largest absolute Gasteiger partial charge is 0.226 e. The third kappa shape index (κ3) is 4.94. The highest BCUT2D eigenvalue weighted by atomic mass is 32.2. The lowest BCUT2D eigenvalue weighted by Crippen LogP contribution is -2.04. The van der Waals surface area contributed by atoms with Gasteiger partial charge >= 0.3 is 0 Å². The maximum Gasteiger partial charge on any atom is 0.209 e. The molecular formula is C27H26N6S. The lowest BCUT2D eigenvalue weighted by molar-refractivity contribution is 0.572. The van der Waals surface area contributed by atoms with E-state index in [1.165, 1.54) is 16.7 Å². The first-order valence-electron chi connectivity index (χ1n) is 11.4. The Bertz CT molecular complexity index is 1370. The monoisotopic (exact) mass is 466 g/mol. The summed E-state index contributed by atoms with van der Waals surface area (Å²) in [4.78, 5) is 1.64. The molecule has 34 heavy (non-hydrogen) atoms. The van der Waals surface area contributed by atoms with Gasteiger partial charge < -0.3 is 0 Å². The number of aryl methyl sites for hydroxylation is 2. The van der Waals surface area contributed by atoms with Crippen LogP contribution in [0.5, 0.6) is 0 Å². The van der Waals surface area contributed by atoms with Crippen molar-refractivity contribution >= 4 is 11.8 Å². The lowest BCUT2D eigenvalue weighted by Gasteiger charge is -2.09. The predicted octanol–water partition coefficient (Wildman–Crippen LogP) is 5.74. The van der Waals surface area contributed by atoms with Crippen LogP contribution in [0.1, 0.15) is 29.2 Å². The van der Waals surface area contributed by atoms with E-state index in [-0.39, 0.29) is 0 Å². The second-order valence-corrected chi connectivity index (χ2v) is 9.17. The second-order valence-electron chi connectivity index (χ2n) is 8.20. The number of aromatic nitrogens is 6. The van der Waals surface area contributed by atoms with Crippen molar-refractivity contribution in [3.8, 4) is 17.1 Å². The van der Waals surface area contributed by atoms with Crippen molar-refractivity contribution in [2.24, 2.45) is 0 Å². The number of hydrogen-bond acceptors (Lipinski definition) is 5. The smallest absolute Gasteiger partial charge is 0.209 e. The number of benzene rings is 3. The summed E-state index contributed by atoms with van der Waals surface area (Å²) in [5.41, 5.74) is 6.82. The van der Waals surface area contributed by atoms with Crippen LogP contribution in [0.15, 0.2) is 90.1 Å². The Morgan fingerprint density at radius 2 is 1.65 bits per heavy atom. The molecule has 0 N–H and O–H groups in total. The van der Waals surface area contributed by atoms with Gasteiger partial charge in [0.25, 0.3) is 0 Å². The Morgan fingerprint density at radius 3 is 2.41 bits per heavy atom. The second kappa shape index (κ2) is 10.1. The van der Waals surface area contributed by atoms with Gasteiger partial charge in [0.15, 0.2) is 0 Å². The molecule has 0 radical (unpaired) electrons. The molecule has 170 valence electrons. The molecule has 0 saturated heterocycles. The van der Waals surface area contributed by atoms with Gasteiger partial charge in [0.05, 0.1) is 24.0 Å². The molecule has 0 saturated carbocycles. The van der Waals surface area contributed by atoms with Crippen LogP contribution in [0.2, 0.25) is 0 Å². The van der Waals surface area contributed by atoms with E-state index < -0.39 is 0 Å². The number of tetrazole rings is 1. The van der Waals surface area contributed by atoms with Gasteiger partial charge in [-0.1, -0.05) is 79.2 Å². The zero-order chi connectivity index (χ0) is 23.3. The average molecular weight is 467 g/mol. The number of hydrogen-bond donors (Lipinski definition) is 0. The molecule has 0 aliphatic rings. The third-order valence-corrected chi connectivity index (χ3v) is 6.78. The van der Waals surface area contributed by atoms with Gasteiger partial charge in [0.2, 0.25) is 5.82 Å². The Morgan fingerprint density at radius 1 is 0.853 bits per heavy atom. The highest BCUT2D eigenvalue weighted by molar-refractivity contribution is 7.98. The molecule has 3 aromatic carbocycles. The van der Waals surface area contributed by atoms with E-state index in [1.54, 1.807) is 16.6 Å². The average Bonchev–Trinajstić information content (AvgIpc) is 3.50. The number of nitrogens with zero attached hydrogens (tertiary/aromatic N) is 6. The van der Waals surface area contributed by atoms with E-state index in [0.717, 1.165) is 34.0 Å². The fourth-order valence-electron chi connectivity index (χ4n) is 3.80. The first kappa shape index (κ1) is 22.1. The molecule has 0 fully saturated rings. The van der Waals surface area contributed by atoms with E-state index in [2.05, 4.69) is 102 Å². The Hall–Kier alpha value is -3.71. The summed E-state index contributed by atoms with van der Waals surface area (Å²) in [7, 11) is 0. The van der Waals surface area contributed by atoms with Crippen LogP contribution in [0, 0.1) is 6.92 Å². The van der Waals surface area contributed by atoms with E-state index >= 15 is 0 Å². The summed E-state index contributed by atoms with van der Waals surface area (Å²) in [6, 6.07) is 27.3. The molecule has 0 aliphatic carbocycles. The van der Waals surface area contributed by atoms with Crippen molar-refractivity contribution in [1.29, 1.82) is 0 Å². The first-order chi connectivity index (χ1) is 16.7. The summed E-state index contributed by atoms with van der Waals surface area (Å²) in [6.45, 7) is 4.82. The molecule has 5 aromatic rings. The SMILES string of the molecule is CCc1ccc(-n2ncc(-c3nnn(Cc4cccc(C)c4)n3)c2SCc2ccccc2)cc1. The maximum absolute atomic E-state index is 4.71. The summed E-state index contributed by atoms with van der Waals surface area (Å²) >= 11 is 1.73. The highest BCUT2D eigenvalue weighted by Gasteiger charge is 2.19. The number of thioether (sulfide) groups is 1. The molecule has 0 atom stereocenters. The minimum absolute atomic E-state index is 0.577. The van der Waals surface area contributed by atoms with E-state index in [9.17, 15) is 0 Å². The molecule has 6 nitrogen and oxygen atoms in total. The van der Waals surface area contributed by atoms with E-state index in [4.69, 9.17) is 5.10 Å². The standard InChI is InChI=1S/C27H26N6S/c1-3-21-12-14-24(15-13-21)33-27(34-19-22-9-5-4-6-10-22)25(17-28-33)26-29-31-32(30-26)18-23-11-7-8-20(2)16-23/h4-17H,3,18-19H2,1-2H3. The quantitative estimate of drug-likeness (QED) is 0.273.